The van der Waals surface area contributed by atoms with Crippen LogP contribution in [0.1, 0.15) is 41.5 Å². The smallest absolute Gasteiger partial charge is 0.340 e. The van der Waals surface area contributed by atoms with Gasteiger partial charge >= 0.3 is 8.56 Å². The Morgan fingerprint density at radius 2 is 1.25 bits per heavy atom. The van der Waals surface area contributed by atoms with Crippen LogP contribution in [0, 0.1) is 0 Å². The summed E-state index contributed by atoms with van der Waals surface area (Å²) < 4.78 is 5.66. The lowest BCUT2D eigenvalue weighted by Crippen LogP contribution is -2.46. The topological polar surface area (TPSA) is 29.5 Å². The lowest BCUT2D eigenvalue weighted by atomic mass is 10.5. The zero-order chi connectivity index (χ0) is 9.94. The molecule has 0 fully saturated rings. The highest BCUT2D eigenvalue weighted by atomic mass is 28.4. The SMILES string of the molecule is CC(C)O[Si](O)(C(C)C)C(C)C. The van der Waals surface area contributed by atoms with Crippen molar-refractivity contribution in [2.75, 3.05) is 0 Å². The molecule has 0 spiro atoms. The second-order valence-electron chi connectivity index (χ2n) is 4.23. The quantitative estimate of drug-likeness (QED) is 0.691. The highest BCUT2D eigenvalue weighted by molar-refractivity contribution is 6.68. The molecule has 74 valence electrons. The molecule has 0 rings (SSSR count). The summed E-state index contributed by atoms with van der Waals surface area (Å²) >= 11 is 0. The molecule has 0 aliphatic rings. The molecule has 0 saturated carbocycles. The van der Waals surface area contributed by atoms with E-state index in [9.17, 15) is 4.80 Å². The fourth-order valence-electron chi connectivity index (χ4n) is 1.32. The lowest BCUT2D eigenvalue weighted by molar-refractivity contribution is 0.160. The molecule has 0 amide bonds. The first-order valence-electron chi connectivity index (χ1n) is 4.70. The van der Waals surface area contributed by atoms with Gasteiger partial charge in [-0.05, 0) is 24.9 Å². The van der Waals surface area contributed by atoms with Crippen molar-refractivity contribution in [3.63, 3.8) is 0 Å². The monoisotopic (exact) mass is 190 g/mol. The first-order valence-corrected chi connectivity index (χ1v) is 6.72. The van der Waals surface area contributed by atoms with Crippen molar-refractivity contribution < 1.29 is 9.22 Å². The fraction of sp³-hybridized carbons (Fsp3) is 1.00. The molecule has 0 aromatic heterocycles. The summed E-state index contributed by atoms with van der Waals surface area (Å²) in [6.07, 6.45) is 0.131. The van der Waals surface area contributed by atoms with Gasteiger partial charge in [0.1, 0.15) is 0 Å². The van der Waals surface area contributed by atoms with Crippen LogP contribution in [0.4, 0.5) is 0 Å². The van der Waals surface area contributed by atoms with E-state index in [0.717, 1.165) is 0 Å². The Hall–Kier alpha value is 0.137. The highest BCUT2D eigenvalue weighted by Gasteiger charge is 2.41. The third-order valence-corrected chi connectivity index (χ3v) is 6.24. The van der Waals surface area contributed by atoms with Crippen molar-refractivity contribution in [2.24, 2.45) is 0 Å². The van der Waals surface area contributed by atoms with Gasteiger partial charge in [-0.1, -0.05) is 27.7 Å². The average Bonchev–Trinajstić information content (AvgIpc) is 1.84. The zero-order valence-electron chi connectivity index (χ0n) is 9.09. The summed E-state index contributed by atoms with van der Waals surface area (Å²) in [4.78, 5) is 10.3. The van der Waals surface area contributed by atoms with Crippen LogP contribution in [0.2, 0.25) is 11.1 Å². The molecule has 1 N–H and O–H groups in total. The molecular formula is C9H22O2Si. The van der Waals surface area contributed by atoms with Gasteiger partial charge in [0.15, 0.2) is 0 Å². The van der Waals surface area contributed by atoms with Gasteiger partial charge in [0.25, 0.3) is 0 Å². The Morgan fingerprint density at radius 3 is 1.33 bits per heavy atom. The van der Waals surface area contributed by atoms with Gasteiger partial charge < -0.3 is 9.22 Å². The summed E-state index contributed by atoms with van der Waals surface area (Å²) in [6.45, 7) is 12.1. The summed E-state index contributed by atoms with van der Waals surface area (Å²) in [5.41, 5.74) is 0.528. The molecule has 0 heterocycles. The lowest BCUT2D eigenvalue weighted by Gasteiger charge is -2.33. The van der Waals surface area contributed by atoms with E-state index in [1.165, 1.54) is 0 Å². The second-order valence-corrected chi connectivity index (χ2v) is 8.28. The van der Waals surface area contributed by atoms with E-state index in [0.29, 0.717) is 0 Å². The number of rotatable bonds is 4. The minimum Gasteiger partial charge on any atom is -0.410 e. The summed E-state index contributed by atoms with van der Waals surface area (Å²) in [6, 6.07) is 0. The highest BCUT2D eigenvalue weighted by Crippen LogP contribution is 2.31. The summed E-state index contributed by atoms with van der Waals surface area (Å²) in [7, 11) is -2.47. The fourth-order valence-corrected chi connectivity index (χ4v) is 3.95. The standard InChI is InChI=1S/C9H22O2Si/c1-7(2)11-12(10,8(3)4)9(5)6/h7-10H,1-6H3. The van der Waals surface area contributed by atoms with Crippen LogP contribution in [0.5, 0.6) is 0 Å². The molecule has 2 nitrogen and oxygen atoms in total. The maximum Gasteiger partial charge on any atom is 0.340 e. The van der Waals surface area contributed by atoms with E-state index < -0.39 is 8.56 Å². The van der Waals surface area contributed by atoms with Gasteiger partial charge in [-0.2, -0.15) is 0 Å². The van der Waals surface area contributed by atoms with E-state index in [2.05, 4.69) is 0 Å². The van der Waals surface area contributed by atoms with Crippen molar-refractivity contribution in [1.82, 2.24) is 0 Å². The number of hydrogen-bond donors (Lipinski definition) is 1. The van der Waals surface area contributed by atoms with Crippen LogP contribution in [0.25, 0.3) is 0 Å². The third kappa shape index (κ3) is 2.88. The van der Waals surface area contributed by atoms with E-state index in [-0.39, 0.29) is 17.2 Å². The minimum absolute atomic E-state index is 0.131. The van der Waals surface area contributed by atoms with Crippen molar-refractivity contribution >= 4 is 8.56 Å². The molecule has 0 unspecified atom stereocenters. The van der Waals surface area contributed by atoms with E-state index in [1.54, 1.807) is 0 Å². The molecule has 0 radical (unpaired) electrons. The first kappa shape index (κ1) is 12.1. The van der Waals surface area contributed by atoms with Crippen molar-refractivity contribution in [3.8, 4) is 0 Å². The molecule has 0 aliphatic carbocycles. The molecule has 0 aromatic rings. The van der Waals surface area contributed by atoms with Gasteiger partial charge in [0, 0.05) is 6.10 Å². The van der Waals surface area contributed by atoms with Crippen molar-refractivity contribution in [2.45, 2.75) is 58.7 Å². The molecule has 12 heavy (non-hydrogen) atoms. The first-order chi connectivity index (χ1) is 5.30. The molecule has 0 saturated heterocycles. The van der Waals surface area contributed by atoms with E-state index >= 15 is 0 Å². The summed E-state index contributed by atoms with van der Waals surface area (Å²) in [5, 5.41) is 0. The average molecular weight is 190 g/mol. The molecule has 0 aliphatic heterocycles. The van der Waals surface area contributed by atoms with Gasteiger partial charge in [-0.15, -0.1) is 0 Å². The molecular weight excluding hydrogens is 168 g/mol. The Morgan fingerprint density at radius 1 is 0.917 bits per heavy atom. The van der Waals surface area contributed by atoms with Crippen LogP contribution < -0.4 is 0 Å². The van der Waals surface area contributed by atoms with E-state index in [4.69, 9.17) is 4.43 Å². The molecule has 0 bridgehead atoms. The van der Waals surface area contributed by atoms with E-state index in [1.807, 2.05) is 41.5 Å². The van der Waals surface area contributed by atoms with Crippen LogP contribution in [0.3, 0.4) is 0 Å². The maximum absolute atomic E-state index is 10.3. The van der Waals surface area contributed by atoms with Gasteiger partial charge in [0.2, 0.25) is 0 Å². The van der Waals surface area contributed by atoms with Gasteiger partial charge in [-0.3, -0.25) is 0 Å². The van der Waals surface area contributed by atoms with Crippen LogP contribution in [-0.4, -0.2) is 19.5 Å². The van der Waals surface area contributed by atoms with Crippen molar-refractivity contribution in [3.05, 3.63) is 0 Å². The largest absolute Gasteiger partial charge is 0.410 e. The predicted molar refractivity (Wildman–Crippen MR) is 54.4 cm³/mol. The summed E-state index contributed by atoms with van der Waals surface area (Å²) in [5.74, 6) is 0. The normalized spacial score (nSPS) is 13.5. The minimum atomic E-state index is -2.47. The van der Waals surface area contributed by atoms with Crippen molar-refractivity contribution in [1.29, 1.82) is 0 Å². The maximum atomic E-state index is 10.3. The molecule has 0 aromatic carbocycles. The van der Waals surface area contributed by atoms with Crippen LogP contribution in [-0.2, 0) is 4.43 Å². The molecule has 0 atom stereocenters. The second kappa shape index (κ2) is 4.39. The molecule has 3 heteroatoms. The Labute approximate surface area is 77.2 Å². The Balaban J connectivity index is 4.40. The Kier molecular flexibility index (Phi) is 4.44. The number of hydrogen-bond acceptors (Lipinski definition) is 2. The predicted octanol–water partition coefficient (Wildman–Crippen LogP) is 2.67. The zero-order valence-corrected chi connectivity index (χ0v) is 10.1. The van der Waals surface area contributed by atoms with Crippen LogP contribution in [0.15, 0.2) is 0 Å². The van der Waals surface area contributed by atoms with Crippen LogP contribution >= 0.6 is 0 Å². The third-order valence-electron chi connectivity index (χ3n) is 2.08. The van der Waals surface area contributed by atoms with Gasteiger partial charge in [0.05, 0.1) is 0 Å². The van der Waals surface area contributed by atoms with Gasteiger partial charge in [-0.25, -0.2) is 0 Å². The Bertz CT molecular complexity index is 124.